The molecule has 1 aliphatic carbocycles. The highest BCUT2D eigenvalue weighted by Crippen LogP contribution is 2.31. The van der Waals surface area contributed by atoms with E-state index in [1.165, 1.54) is 24.0 Å². The molecule has 248 valence electrons. The summed E-state index contributed by atoms with van der Waals surface area (Å²) < 4.78 is 1.84. The fourth-order valence-electron chi connectivity index (χ4n) is 7.41. The van der Waals surface area contributed by atoms with Gasteiger partial charge in [-0.05, 0) is 95.3 Å². The summed E-state index contributed by atoms with van der Waals surface area (Å²) in [7, 11) is 6.02. The number of carbonyl (C=O) groups excluding carboxylic acids is 2. The highest BCUT2D eigenvalue weighted by atomic mass is 16.3. The van der Waals surface area contributed by atoms with E-state index in [0.29, 0.717) is 25.6 Å². The molecule has 6 rings (SSSR count). The Morgan fingerprint density at radius 3 is 2.61 bits per heavy atom. The first-order valence-corrected chi connectivity index (χ1v) is 17.0. The van der Waals surface area contributed by atoms with E-state index in [0.717, 1.165) is 55.4 Å². The first-order chi connectivity index (χ1) is 22.2. The number of likely N-dealkylation sites (tertiary alicyclic amines) is 1. The molecule has 2 amide bonds. The number of aromatic nitrogens is 2. The maximum atomic E-state index is 14.4. The minimum absolute atomic E-state index is 0.0735. The van der Waals surface area contributed by atoms with Gasteiger partial charge in [0.2, 0.25) is 11.8 Å². The first kappa shape index (κ1) is 32.6. The highest BCUT2D eigenvalue weighted by molar-refractivity contribution is 5.91. The van der Waals surface area contributed by atoms with Crippen molar-refractivity contribution in [3.8, 4) is 0 Å². The van der Waals surface area contributed by atoms with Gasteiger partial charge in [0.25, 0.3) is 0 Å². The summed E-state index contributed by atoms with van der Waals surface area (Å²) in [5, 5.41) is 23.5. The van der Waals surface area contributed by atoms with Crippen LogP contribution in [0, 0.1) is 18.8 Å². The number of piperidine rings is 1. The first-order valence-electron chi connectivity index (χ1n) is 17.0. The van der Waals surface area contributed by atoms with Gasteiger partial charge in [0.1, 0.15) is 12.3 Å². The second-order valence-electron chi connectivity index (χ2n) is 14.0. The number of amides is 2. The molecule has 1 aromatic heterocycles. The Labute approximate surface area is 273 Å². The van der Waals surface area contributed by atoms with E-state index < -0.39 is 18.3 Å². The van der Waals surface area contributed by atoms with Gasteiger partial charge >= 0.3 is 0 Å². The Morgan fingerprint density at radius 2 is 1.85 bits per heavy atom. The summed E-state index contributed by atoms with van der Waals surface area (Å²) in [5.74, 6) is -0.278. The third-order valence-corrected chi connectivity index (χ3v) is 10.5. The van der Waals surface area contributed by atoms with Crippen LogP contribution in [0.4, 0.5) is 0 Å². The highest BCUT2D eigenvalue weighted by Gasteiger charge is 2.45. The number of likely N-dealkylation sites (N-methyl/N-ethyl adjacent to an activating group) is 2. The van der Waals surface area contributed by atoms with Crippen molar-refractivity contribution < 1.29 is 14.7 Å². The van der Waals surface area contributed by atoms with Crippen molar-refractivity contribution in [2.75, 3.05) is 40.3 Å². The molecule has 3 aromatic rings. The van der Waals surface area contributed by atoms with Gasteiger partial charge in [-0.25, -0.2) is 0 Å². The van der Waals surface area contributed by atoms with Crippen LogP contribution in [0.5, 0.6) is 0 Å². The number of carbonyl (C=O) groups is 2. The molecule has 3 N–H and O–H groups in total. The molecule has 0 radical (unpaired) electrons. The normalized spacial score (nSPS) is 24.2. The average molecular weight is 630 g/mol. The number of aliphatic hydroxyl groups excluding tert-OH is 1. The van der Waals surface area contributed by atoms with Crippen molar-refractivity contribution >= 4 is 22.7 Å². The Kier molecular flexibility index (Phi) is 10.1. The molecule has 46 heavy (non-hydrogen) atoms. The number of nitrogens with one attached hydrogen (secondary N) is 2. The number of hydrogen-bond donors (Lipinski definition) is 3. The van der Waals surface area contributed by atoms with Gasteiger partial charge in [0.15, 0.2) is 0 Å². The van der Waals surface area contributed by atoms with Gasteiger partial charge in [-0.2, -0.15) is 5.10 Å². The quantitative estimate of drug-likeness (QED) is 0.265. The Bertz CT molecular complexity index is 1500. The van der Waals surface area contributed by atoms with Crippen molar-refractivity contribution in [3.63, 3.8) is 0 Å². The predicted octanol–water partition coefficient (Wildman–Crippen LogP) is 2.67. The van der Waals surface area contributed by atoms with Crippen LogP contribution < -0.4 is 10.6 Å². The van der Waals surface area contributed by atoms with Crippen molar-refractivity contribution in [2.45, 2.75) is 76.3 Å². The van der Waals surface area contributed by atoms with Crippen LogP contribution >= 0.6 is 0 Å². The zero-order chi connectivity index (χ0) is 32.4. The van der Waals surface area contributed by atoms with Gasteiger partial charge in [0.05, 0.1) is 17.8 Å². The van der Waals surface area contributed by atoms with Gasteiger partial charge in [0, 0.05) is 50.6 Å². The van der Waals surface area contributed by atoms with E-state index in [-0.39, 0.29) is 23.7 Å². The monoisotopic (exact) mass is 629 g/mol. The molecular weight excluding hydrogens is 578 g/mol. The number of fused-ring (bicyclic) bond motifs is 1. The van der Waals surface area contributed by atoms with Gasteiger partial charge < -0.3 is 25.5 Å². The van der Waals surface area contributed by atoms with E-state index in [4.69, 9.17) is 0 Å². The van der Waals surface area contributed by atoms with Crippen LogP contribution in [0.25, 0.3) is 10.9 Å². The summed E-state index contributed by atoms with van der Waals surface area (Å²) in [4.78, 5) is 34.4. The summed E-state index contributed by atoms with van der Waals surface area (Å²) in [6.07, 6.45) is 6.69. The van der Waals surface area contributed by atoms with Crippen molar-refractivity contribution in [3.05, 3.63) is 65.4 Å². The van der Waals surface area contributed by atoms with Crippen molar-refractivity contribution in [1.82, 2.24) is 35.1 Å². The molecule has 1 unspecified atom stereocenters. The smallest absolute Gasteiger partial charge is 0.243 e. The van der Waals surface area contributed by atoms with E-state index in [1.54, 1.807) is 0 Å². The van der Waals surface area contributed by atoms with Crippen LogP contribution in [0.1, 0.15) is 48.8 Å². The molecule has 3 aliphatic rings. The molecule has 0 bridgehead atoms. The number of nitrogens with zero attached hydrogens (tertiary/aromatic N) is 5. The molecule has 5 atom stereocenters. The molecule has 3 fully saturated rings. The molecule has 3 heterocycles. The third kappa shape index (κ3) is 7.46. The molecule has 2 aliphatic heterocycles. The molecule has 0 spiro atoms. The molecule has 10 nitrogen and oxygen atoms in total. The van der Waals surface area contributed by atoms with Crippen LogP contribution in [-0.2, 0) is 29.6 Å². The standard InChI is InChI=1S/C36H51N7O3/c1-24-7-9-25(10-8-24)18-27-20-32(34(44)38-21-26-11-14-31-28(19-26)22-39-42(31)4)43(23-27)36(46)33-30(6-5-15-37-33)35(45)41(3)17-16-40(2)29-12-13-29/h7-11,14,19,22,27,29-30,32-33,35,37,45H,5-6,12-13,15-18,20-21,23H2,1-4H3,(H,38,44)/t27-,30+,32+,33-,35?/m1/s1. The minimum atomic E-state index is -0.741. The Balaban J connectivity index is 1.16. The van der Waals surface area contributed by atoms with Gasteiger partial charge in [-0.15, -0.1) is 0 Å². The summed E-state index contributed by atoms with van der Waals surface area (Å²) in [6, 6.07) is 14.2. The lowest BCUT2D eigenvalue weighted by Crippen LogP contribution is -2.60. The van der Waals surface area contributed by atoms with Gasteiger partial charge in [-0.1, -0.05) is 35.9 Å². The predicted molar refractivity (Wildman–Crippen MR) is 180 cm³/mol. The zero-order valence-corrected chi connectivity index (χ0v) is 27.9. The lowest BCUT2D eigenvalue weighted by Gasteiger charge is -2.40. The topological polar surface area (TPSA) is 106 Å². The van der Waals surface area contributed by atoms with E-state index >= 15 is 0 Å². The van der Waals surface area contributed by atoms with Gasteiger partial charge in [-0.3, -0.25) is 19.2 Å². The summed E-state index contributed by atoms with van der Waals surface area (Å²) >= 11 is 0. The molecule has 10 heteroatoms. The Hall–Kier alpha value is -3.31. The van der Waals surface area contributed by atoms with E-state index in [2.05, 4.69) is 64.9 Å². The van der Waals surface area contributed by atoms with Crippen LogP contribution in [0.3, 0.4) is 0 Å². The van der Waals surface area contributed by atoms with Crippen LogP contribution in [0.2, 0.25) is 0 Å². The maximum absolute atomic E-state index is 14.4. The molecule has 1 saturated carbocycles. The van der Waals surface area contributed by atoms with Crippen molar-refractivity contribution in [2.24, 2.45) is 18.9 Å². The van der Waals surface area contributed by atoms with Crippen LogP contribution in [-0.4, -0.2) is 106 Å². The second kappa shape index (κ2) is 14.2. The molecule has 2 aromatic carbocycles. The second-order valence-corrected chi connectivity index (χ2v) is 14.0. The zero-order valence-electron chi connectivity index (χ0n) is 27.9. The van der Waals surface area contributed by atoms with Crippen molar-refractivity contribution in [1.29, 1.82) is 0 Å². The third-order valence-electron chi connectivity index (χ3n) is 10.5. The average Bonchev–Trinajstić information content (AvgIpc) is 3.75. The SMILES string of the molecule is Cc1ccc(C[C@@H]2C[C@@H](C(=O)NCc3ccc4c(cnn4C)c3)N(C(=O)[C@@H]3NCCC[C@@H]3C(O)N(C)CCN(C)C3CC3)C2)cc1. The number of hydrogen-bond acceptors (Lipinski definition) is 7. The summed E-state index contributed by atoms with van der Waals surface area (Å²) in [6.45, 7) is 5.34. The fraction of sp³-hybridized carbons (Fsp3) is 0.583. The molecular formula is C36H51N7O3. The number of benzene rings is 2. The lowest BCUT2D eigenvalue weighted by atomic mass is 9.87. The van der Waals surface area contributed by atoms with E-state index in [9.17, 15) is 14.7 Å². The largest absolute Gasteiger partial charge is 0.378 e. The molecule has 2 saturated heterocycles. The lowest BCUT2D eigenvalue weighted by molar-refractivity contribution is -0.145. The summed E-state index contributed by atoms with van der Waals surface area (Å²) in [5.41, 5.74) is 4.47. The van der Waals surface area contributed by atoms with E-state index in [1.807, 2.05) is 46.9 Å². The maximum Gasteiger partial charge on any atom is 0.243 e. The fourth-order valence-corrected chi connectivity index (χ4v) is 7.41. The number of aliphatic hydroxyl groups is 1. The number of aryl methyl sites for hydroxylation is 2. The minimum Gasteiger partial charge on any atom is -0.378 e. The number of rotatable bonds is 12. The Morgan fingerprint density at radius 1 is 1.09 bits per heavy atom. The van der Waals surface area contributed by atoms with Crippen LogP contribution in [0.15, 0.2) is 48.7 Å².